The fourth-order valence-electron chi connectivity index (χ4n) is 5.79. The SMILES string of the molecule is Cc1cn(CCOC2=CCC(C)([C@H]3c4[nH]c5ccc(Cl)cc5c4CCN3C(=O)Oc3ccc(Cl)cc3)C=C2)c(=N)s1. The molecular formula is C31H30Cl2N4O3S. The summed E-state index contributed by atoms with van der Waals surface area (Å²) >= 11 is 13.9. The third-order valence-electron chi connectivity index (χ3n) is 7.80. The Morgan fingerprint density at radius 3 is 2.68 bits per heavy atom. The highest BCUT2D eigenvalue weighted by molar-refractivity contribution is 7.09. The summed E-state index contributed by atoms with van der Waals surface area (Å²) in [6.45, 7) is 5.75. The van der Waals surface area contributed by atoms with Gasteiger partial charge >= 0.3 is 6.09 Å². The minimum atomic E-state index is -0.431. The molecule has 1 aliphatic heterocycles. The van der Waals surface area contributed by atoms with E-state index in [1.165, 1.54) is 16.9 Å². The van der Waals surface area contributed by atoms with E-state index in [1.807, 2.05) is 46.9 Å². The van der Waals surface area contributed by atoms with Crippen LogP contribution in [0.25, 0.3) is 10.9 Å². The summed E-state index contributed by atoms with van der Waals surface area (Å²) in [4.78, 5) is 20.7. The summed E-state index contributed by atoms with van der Waals surface area (Å²) in [5.41, 5.74) is 2.74. The minimum Gasteiger partial charge on any atom is -0.492 e. The van der Waals surface area contributed by atoms with Gasteiger partial charge in [0.25, 0.3) is 0 Å². The molecule has 0 radical (unpaired) electrons. The number of carbonyl (C=O) groups is 1. The van der Waals surface area contributed by atoms with Gasteiger partial charge in [0.05, 0.1) is 12.6 Å². The number of hydrogen-bond donors (Lipinski definition) is 2. The van der Waals surface area contributed by atoms with Crippen LogP contribution < -0.4 is 9.54 Å². The molecule has 0 saturated heterocycles. The predicted octanol–water partition coefficient (Wildman–Crippen LogP) is 7.79. The van der Waals surface area contributed by atoms with E-state index in [2.05, 4.69) is 24.1 Å². The molecular weight excluding hydrogens is 579 g/mol. The standard InChI is InChI=1S/C31H30Cl2N4O3S/c1-19-18-36(29(34)41-19)15-16-39-22-9-12-31(2,13-10-22)28-27-24(25-17-21(33)5-8-26(25)35-27)11-14-37(28)30(38)40-23-6-3-20(32)4-7-23/h3-10,12,17-18,28,34-35H,11,13-16H2,1-2H3/t28-,31?/m1/s1. The smallest absolute Gasteiger partial charge is 0.415 e. The van der Waals surface area contributed by atoms with E-state index in [9.17, 15) is 4.79 Å². The molecule has 1 unspecified atom stereocenters. The lowest BCUT2D eigenvalue weighted by Gasteiger charge is -2.45. The first-order valence-electron chi connectivity index (χ1n) is 13.5. The Labute approximate surface area is 252 Å². The van der Waals surface area contributed by atoms with Gasteiger partial charge in [-0.1, -0.05) is 36.2 Å². The quantitative estimate of drug-likeness (QED) is 0.234. The summed E-state index contributed by atoms with van der Waals surface area (Å²) in [5, 5.41) is 10.4. The highest BCUT2D eigenvalue weighted by Gasteiger charge is 2.45. The monoisotopic (exact) mass is 608 g/mol. The van der Waals surface area contributed by atoms with Crippen LogP contribution in [0.4, 0.5) is 4.79 Å². The summed E-state index contributed by atoms with van der Waals surface area (Å²) in [5.74, 6) is 1.23. The third kappa shape index (κ3) is 5.56. The molecule has 2 atom stereocenters. The van der Waals surface area contributed by atoms with E-state index >= 15 is 0 Å². The first kappa shape index (κ1) is 27.7. The van der Waals surface area contributed by atoms with Crippen LogP contribution in [0.15, 0.2) is 72.6 Å². The molecule has 6 rings (SSSR count). The molecule has 7 nitrogen and oxygen atoms in total. The molecule has 2 aliphatic rings. The number of amides is 1. The first-order chi connectivity index (χ1) is 19.7. The van der Waals surface area contributed by atoms with Crippen molar-refractivity contribution in [2.45, 2.75) is 39.3 Å². The number of benzene rings is 2. The zero-order chi connectivity index (χ0) is 28.7. The van der Waals surface area contributed by atoms with Crippen molar-refractivity contribution in [3.63, 3.8) is 0 Å². The summed E-state index contributed by atoms with van der Waals surface area (Å²) < 4.78 is 13.8. The number of ether oxygens (including phenoxy) is 2. The number of allylic oxidation sites excluding steroid dienone is 2. The van der Waals surface area contributed by atoms with Gasteiger partial charge in [-0.25, -0.2) is 4.79 Å². The molecule has 1 aliphatic carbocycles. The first-order valence-corrected chi connectivity index (χ1v) is 15.1. The molecule has 1 amide bonds. The Morgan fingerprint density at radius 1 is 1.20 bits per heavy atom. The van der Waals surface area contributed by atoms with Crippen molar-refractivity contribution >= 4 is 51.5 Å². The maximum atomic E-state index is 13.7. The Morgan fingerprint density at radius 2 is 1.98 bits per heavy atom. The van der Waals surface area contributed by atoms with Crippen LogP contribution in [0.1, 0.15) is 35.5 Å². The van der Waals surface area contributed by atoms with Gasteiger partial charge in [-0.05, 0) is 79.9 Å². The lowest BCUT2D eigenvalue weighted by Crippen LogP contribution is -2.48. The van der Waals surface area contributed by atoms with Gasteiger partial charge in [-0.15, -0.1) is 11.3 Å². The lowest BCUT2D eigenvalue weighted by molar-refractivity contribution is 0.0824. The van der Waals surface area contributed by atoms with E-state index in [1.54, 1.807) is 24.3 Å². The van der Waals surface area contributed by atoms with E-state index in [0.717, 1.165) is 27.2 Å². The maximum Gasteiger partial charge on any atom is 0.415 e. The minimum absolute atomic E-state index is 0.304. The normalized spacial score (nSPS) is 20.1. The Balaban J connectivity index is 1.27. The number of hydrogen-bond acceptors (Lipinski definition) is 5. The molecule has 41 heavy (non-hydrogen) atoms. The van der Waals surface area contributed by atoms with Crippen molar-refractivity contribution in [3.8, 4) is 5.75 Å². The molecule has 0 spiro atoms. The van der Waals surface area contributed by atoms with Crippen LogP contribution in [0.2, 0.25) is 10.0 Å². The number of nitrogens with zero attached hydrogens (tertiary/aromatic N) is 2. The van der Waals surface area contributed by atoms with Gasteiger partial charge in [0.2, 0.25) is 0 Å². The van der Waals surface area contributed by atoms with Crippen LogP contribution in [-0.2, 0) is 17.7 Å². The van der Waals surface area contributed by atoms with Crippen LogP contribution >= 0.6 is 34.5 Å². The van der Waals surface area contributed by atoms with Crippen molar-refractivity contribution in [1.82, 2.24) is 14.5 Å². The fourth-order valence-corrected chi connectivity index (χ4v) is 6.83. The molecule has 0 fully saturated rings. The zero-order valence-electron chi connectivity index (χ0n) is 22.7. The highest BCUT2D eigenvalue weighted by atomic mass is 35.5. The Bertz CT molecular complexity index is 1740. The second-order valence-corrected chi connectivity index (χ2v) is 12.8. The van der Waals surface area contributed by atoms with Gasteiger partial charge in [0, 0.05) is 49.7 Å². The molecule has 2 aromatic heterocycles. The number of rotatable bonds is 6. The Hall–Kier alpha value is -3.46. The molecule has 2 N–H and O–H groups in total. The van der Waals surface area contributed by atoms with E-state index in [-0.39, 0.29) is 6.04 Å². The van der Waals surface area contributed by atoms with Crippen molar-refractivity contribution in [1.29, 1.82) is 5.41 Å². The second kappa shape index (κ2) is 11.1. The van der Waals surface area contributed by atoms with Crippen LogP contribution in [-0.4, -0.2) is 33.7 Å². The van der Waals surface area contributed by atoms with E-state index in [4.69, 9.17) is 38.1 Å². The van der Waals surface area contributed by atoms with Gasteiger partial charge in [0.1, 0.15) is 18.1 Å². The van der Waals surface area contributed by atoms with Gasteiger partial charge in [0.15, 0.2) is 4.80 Å². The number of carbonyl (C=O) groups excluding carboxylic acids is 1. The summed E-state index contributed by atoms with van der Waals surface area (Å²) in [6, 6.07) is 12.4. The molecule has 3 heterocycles. The number of H-pyrrole nitrogens is 1. The molecule has 0 bridgehead atoms. The molecule has 212 valence electrons. The molecule has 10 heteroatoms. The fraction of sp³-hybridized carbons (Fsp3) is 0.290. The van der Waals surface area contributed by atoms with Crippen molar-refractivity contribution < 1.29 is 14.3 Å². The van der Waals surface area contributed by atoms with Crippen LogP contribution in [0.5, 0.6) is 5.75 Å². The second-order valence-electron chi connectivity index (χ2n) is 10.7. The van der Waals surface area contributed by atoms with Crippen LogP contribution in [0, 0.1) is 17.7 Å². The number of nitrogens with one attached hydrogen (secondary N) is 2. The Kier molecular flexibility index (Phi) is 7.49. The van der Waals surface area contributed by atoms with E-state index < -0.39 is 11.5 Å². The van der Waals surface area contributed by atoms with Gasteiger partial charge in [-0.3, -0.25) is 10.3 Å². The topological polar surface area (TPSA) is 83.3 Å². The third-order valence-corrected chi connectivity index (χ3v) is 9.14. The van der Waals surface area contributed by atoms with Crippen LogP contribution in [0.3, 0.4) is 0 Å². The van der Waals surface area contributed by atoms with Crippen molar-refractivity contribution in [3.05, 3.63) is 104 Å². The summed E-state index contributed by atoms with van der Waals surface area (Å²) in [6.07, 6.45) is 9.13. The number of aromatic amines is 1. The van der Waals surface area contributed by atoms with Gasteiger partial charge < -0.3 is 19.0 Å². The number of aromatic nitrogens is 2. The number of aryl methyl sites for hydroxylation is 1. The molecule has 4 aromatic rings. The average molecular weight is 610 g/mol. The lowest BCUT2D eigenvalue weighted by atomic mass is 9.72. The number of fused-ring (bicyclic) bond motifs is 3. The van der Waals surface area contributed by atoms with E-state index in [0.29, 0.717) is 53.1 Å². The maximum absolute atomic E-state index is 13.7. The highest BCUT2D eigenvalue weighted by Crippen LogP contribution is 2.49. The van der Waals surface area contributed by atoms with Crippen molar-refractivity contribution in [2.75, 3.05) is 13.2 Å². The van der Waals surface area contributed by atoms with Gasteiger partial charge in [-0.2, -0.15) is 0 Å². The van der Waals surface area contributed by atoms with Crippen molar-refractivity contribution in [2.24, 2.45) is 5.41 Å². The molecule has 0 saturated carbocycles. The summed E-state index contributed by atoms with van der Waals surface area (Å²) in [7, 11) is 0. The predicted molar refractivity (Wildman–Crippen MR) is 163 cm³/mol. The zero-order valence-corrected chi connectivity index (χ0v) is 25.1. The number of thiazole rings is 1. The molecule has 2 aromatic carbocycles. The average Bonchev–Trinajstić information content (AvgIpc) is 3.48. The number of halogens is 2. The largest absolute Gasteiger partial charge is 0.492 e.